The third kappa shape index (κ3) is 4.72. The Kier molecular flexibility index (Phi) is 7.07. The lowest BCUT2D eigenvalue weighted by molar-refractivity contribution is -0.132. The molecule has 0 radical (unpaired) electrons. The zero-order valence-corrected chi connectivity index (χ0v) is 17.3. The maximum absolute atomic E-state index is 12.6. The van der Waals surface area contributed by atoms with E-state index in [9.17, 15) is 9.59 Å². The molecule has 1 unspecified atom stereocenters. The van der Waals surface area contributed by atoms with Crippen LogP contribution in [0.25, 0.3) is 0 Å². The molecule has 7 nitrogen and oxygen atoms in total. The lowest BCUT2D eigenvalue weighted by atomic mass is 9.81. The normalized spacial score (nSPS) is 23.2. The maximum Gasteiger partial charge on any atom is 0.251 e. The maximum atomic E-state index is 12.6. The molecule has 0 aromatic heterocycles. The smallest absolute Gasteiger partial charge is 0.251 e. The summed E-state index contributed by atoms with van der Waals surface area (Å²) < 4.78 is 10.5. The number of hydrogen-bond acceptors (Lipinski definition) is 6. The topological polar surface area (TPSA) is 93.9 Å². The predicted octanol–water partition coefficient (Wildman–Crippen LogP) is 1.85. The van der Waals surface area contributed by atoms with Gasteiger partial charge in [-0.05, 0) is 49.8 Å². The molecule has 2 amide bonds. The second kappa shape index (κ2) is 9.52. The van der Waals surface area contributed by atoms with Gasteiger partial charge in [0.2, 0.25) is 5.91 Å². The fourth-order valence-electron chi connectivity index (χ4n) is 3.87. The minimum Gasteiger partial charge on any atom is -0.493 e. The van der Waals surface area contributed by atoms with Crippen LogP contribution in [0.3, 0.4) is 0 Å². The lowest BCUT2D eigenvalue weighted by Crippen LogP contribution is -2.49. The molecule has 0 spiro atoms. The Hall–Kier alpha value is -1.93. The Morgan fingerprint density at radius 2 is 1.89 bits per heavy atom. The first-order valence-corrected chi connectivity index (χ1v) is 10.8. The number of ether oxygens (including phenoxy) is 2. The van der Waals surface area contributed by atoms with Gasteiger partial charge < -0.3 is 25.4 Å². The SMILES string of the molecule is COc1ccc(C(=O)NC2CCC(C(N)C(=O)N3CCSC3)CC2)cc1OC. The van der Waals surface area contributed by atoms with Crippen molar-refractivity contribution in [2.24, 2.45) is 11.7 Å². The van der Waals surface area contributed by atoms with Crippen molar-refractivity contribution in [1.29, 1.82) is 0 Å². The first-order valence-electron chi connectivity index (χ1n) is 9.68. The van der Waals surface area contributed by atoms with Crippen LogP contribution in [0.5, 0.6) is 11.5 Å². The van der Waals surface area contributed by atoms with Gasteiger partial charge in [-0.15, -0.1) is 11.8 Å². The van der Waals surface area contributed by atoms with E-state index < -0.39 is 6.04 Å². The molecule has 0 bridgehead atoms. The van der Waals surface area contributed by atoms with Gasteiger partial charge in [0.25, 0.3) is 5.91 Å². The molecule has 1 heterocycles. The van der Waals surface area contributed by atoms with Crippen LogP contribution in [0.1, 0.15) is 36.0 Å². The highest BCUT2D eigenvalue weighted by Gasteiger charge is 2.33. The average Bonchev–Trinajstić information content (AvgIpc) is 3.27. The molecule has 2 fully saturated rings. The Morgan fingerprint density at radius 3 is 2.50 bits per heavy atom. The summed E-state index contributed by atoms with van der Waals surface area (Å²) in [5.41, 5.74) is 6.80. The number of rotatable bonds is 6. The van der Waals surface area contributed by atoms with Gasteiger partial charge in [-0.3, -0.25) is 9.59 Å². The van der Waals surface area contributed by atoms with Gasteiger partial charge >= 0.3 is 0 Å². The number of hydrogen-bond donors (Lipinski definition) is 2. The van der Waals surface area contributed by atoms with Gasteiger partial charge in [-0.1, -0.05) is 0 Å². The molecule has 1 saturated carbocycles. The number of carbonyl (C=O) groups is 2. The molecule has 8 heteroatoms. The van der Waals surface area contributed by atoms with Crippen molar-refractivity contribution < 1.29 is 19.1 Å². The van der Waals surface area contributed by atoms with E-state index in [2.05, 4.69) is 5.32 Å². The summed E-state index contributed by atoms with van der Waals surface area (Å²) in [6.07, 6.45) is 3.37. The number of carbonyl (C=O) groups excluding carboxylic acids is 2. The first-order chi connectivity index (χ1) is 13.5. The third-order valence-corrected chi connectivity index (χ3v) is 6.58. The monoisotopic (exact) mass is 407 g/mol. The Bertz CT molecular complexity index is 701. The number of thioether (sulfide) groups is 1. The fraction of sp³-hybridized carbons (Fsp3) is 0.600. The van der Waals surface area contributed by atoms with Crippen LogP contribution >= 0.6 is 11.8 Å². The average molecular weight is 408 g/mol. The summed E-state index contributed by atoms with van der Waals surface area (Å²) >= 11 is 1.77. The van der Waals surface area contributed by atoms with Gasteiger partial charge in [-0.2, -0.15) is 0 Å². The lowest BCUT2D eigenvalue weighted by Gasteiger charge is -2.33. The van der Waals surface area contributed by atoms with Gasteiger partial charge in [0.05, 0.1) is 26.1 Å². The number of methoxy groups -OCH3 is 2. The Morgan fingerprint density at radius 1 is 1.18 bits per heavy atom. The minimum atomic E-state index is -0.429. The minimum absolute atomic E-state index is 0.0720. The van der Waals surface area contributed by atoms with E-state index >= 15 is 0 Å². The van der Waals surface area contributed by atoms with E-state index in [1.165, 1.54) is 0 Å². The quantitative estimate of drug-likeness (QED) is 0.748. The molecule has 28 heavy (non-hydrogen) atoms. The molecule has 1 atom stereocenters. The highest BCUT2D eigenvalue weighted by atomic mass is 32.2. The molecule has 3 rings (SSSR count). The van der Waals surface area contributed by atoms with E-state index in [1.807, 2.05) is 4.90 Å². The van der Waals surface area contributed by atoms with Crippen LogP contribution in [0, 0.1) is 5.92 Å². The van der Waals surface area contributed by atoms with Gasteiger partial charge in [0.1, 0.15) is 0 Å². The second-order valence-electron chi connectivity index (χ2n) is 7.32. The first kappa shape index (κ1) is 20.8. The summed E-state index contributed by atoms with van der Waals surface area (Å²) in [4.78, 5) is 26.9. The van der Waals surface area contributed by atoms with E-state index in [4.69, 9.17) is 15.2 Å². The van der Waals surface area contributed by atoms with Crippen molar-refractivity contribution in [1.82, 2.24) is 10.2 Å². The highest BCUT2D eigenvalue weighted by molar-refractivity contribution is 7.99. The van der Waals surface area contributed by atoms with Gasteiger partial charge in [0.15, 0.2) is 11.5 Å². The fourth-order valence-corrected chi connectivity index (χ4v) is 4.82. The van der Waals surface area contributed by atoms with Crippen molar-refractivity contribution in [2.45, 2.75) is 37.8 Å². The van der Waals surface area contributed by atoms with Gasteiger partial charge in [-0.25, -0.2) is 0 Å². The number of nitrogens with two attached hydrogens (primary N) is 1. The van der Waals surface area contributed by atoms with Crippen LogP contribution in [-0.4, -0.2) is 61.2 Å². The molecule has 1 aromatic carbocycles. The largest absolute Gasteiger partial charge is 0.493 e. The Labute approximate surface area is 170 Å². The van der Waals surface area contributed by atoms with E-state index in [0.717, 1.165) is 43.9 Å². The molecular formula is C20H29N3O4S. The van der Waals surface area contributed by atoms with E-state index in [0.29, 0.717) is 17.1 Å². The van der Waals surface area contributed by atoms with Crippen molar-refractivity contribution in [3.05, 3.63) is 23.8 Å². The number of nitrogens with zero attached hydrogens (tertiary/aromatic N) is 1. The second-order valence-corrected chi connectivity index (χ2v) is 8.39. The molecule has 1 aliphatic carbocycles. The van der Waals surface area contributed by atoms with Gasteiger partial charge in [0, 0.05) is 23.9 Å². The molecule has 1 saturated heterocycles. The zero-order valence-electron chi connectivity index (χ0n) is 16.5. The van der Waals surface area contributed by atoms with E-state index in [1.54, 1.807) is 44.2 Å². The molecule has 1 aromatic rings. The van der Waals surface area contributed by atoms with Crippen LogP contribution < -0.4 is 20.5 Å². The number of benzene rings is 1. The standard InChI is InChI=1S/C20H29N3O4S/c1-26-16-8-5-14(11-17(16)27-2)19(24)22-15-6-3-13(4-7-15)18(21)20(25)23-9-10-28-12-23/h5,8,11,13,15,18H,3-4,6-7,9-10,12,21H2,1-2H3,(H,22,24). The summed E-state index contributed by atoms with van der Waals surface area (Å²) in [5.74, 6) is 3.00. The molecular weight excluding hydrogens is 378 g/mol. The van der Waals surface area contributed by atoms with Crippen molar-refractivity contribution in [3.8, 4) is 11.5 Å². The number of nitrogens with one attached hydrogen (secondary N) is 1. The third-order valence-electron chi connectivity index (χ3n) is 5.61. The predicted molar refractivity (Wildman–Crippen MR) is 110 cm³/mol. The summed E-state index contributed by atoms with van der Waals surface area (Å²) in [6.45, 7) is 0.800. The molecule has 154 valence electrons. The van der Waals surface area contributed by atoms with Crippen molar-refractivity contribution in [3.63, 3.8) is 0 Å². The van der Waals surface area contributed by atoms with Crippen LogP contribution in [0.2, 0.25) is 0 Å². The van der Waals surface area contributed by atoms with Crippen molar-refractivity contribution >= 4 is 23.6 Å². The van der Waals surface area contributed by atoms with Crippen molar-refractivity contribution in [2.75, 3.05) is 32.4 Å². The number of amides is 2. The summed E-state index contributed by atoms with van der Waals surface area (Å²) in [7, 11) is 3.11. The Balaban J connectivity index is 1.51. The highest BCUT2D eigenvalue weighted by Crippen LogP contribution is 2.30. The van der Waals surface area contributed by atoms with Crippen LogP contribution in [0.4, 0.5) is 0 Å². The molecule has 2 aliphatic rings. The summed E-state index contributed by atoms with van der Waals surface area (Å²) in [6, 6.07) is 4.81. The van der Waals surface area contributed by atoms with E-state index in [-0.39, 0.29) is 23.8 Å². The van der Waals surface area contributed by atoms with Crippen LogP contribution in [-0.2, 0) is 4.79 Å². The zero-order chi connectivity index (χ0) is 20.1. The summed E-state index contributed by atoms with van der Waals surface area (Å²) in [5, 5.41) is 3.09. The van der Waals surface area contributed by atoms with Crippen LogP contribution in [0.15, 0.2) is 18.2 Å². The molecule has 1 aliphatic heterocycles. The molecule has 3 N–H and O–H groups in total.